The van der Waals surface area contributed by atoms with Gasteiger partial charge in [0.15, 0.2) is 0 Å². The molecule has 0 saturated heterocycles. The summed E-state index contributed by atoms with van der Waals surface area (Å²) < 4.78 is 43.1. The van der Waals surface area contributed by atoms with Crippen molar-refractivity contribution in [2.45, 2.75) is 57.4 Å². The van der Waals surface area contributed by atoms with Crippen LogP contribution in [0.25, 0.3) is 0 Å². The minimum atomic E-state index is -4.12. The van der Waals surface area contributed by atoms with Crippen LogP contribution in [0.2, 0.25) is 0 Å². The fraction of sp³-hybridized carbons (Fsp3) is 0.846. The number of hydrogen-bond donors (Lipinski definition) is 0. The van der Waals surface area contributed by atoms with E-state index in [1.165, 1.54) is 6.08 Å². The van der Waals surface area contributed by atoms with Crippen LogP contribution in [0.1, 0.15) is 39.0 Å². The summed E-state index contributed by atoms with van der Waals surface area (Å²) in [6.07, 6.45) is 2.84. The maximum atomic E-state index is 12.5. The molecule has 0 heterocycles. The second-order valence-corrected chi connectivity index (χ2v) is 5.33. The van der Waals surface area contributed by atoms with Gasteiger partial charge in [-0.25, -0.2) is 0 Å². The van der Waals surface area contributed by atoms with E-state index in [1.807, 2.05) is 0 Å². The van der Waals surface area contributed by atoms with Crippen LogP contribution in [0.15, 0.2) is 12.2 Å². The quantitative estimate of drug-likeness (QED) is 0.669. The highest BCUT2D eigenvalue weighted by molar-refractivity contribution is 5.06. The zero-order valence-electron chi connectivity index (χ0n) is 10.0. The van der Waals surface area contributed by atoms with Gasteiger partial charge in [0.05, 0.1) is 18.1 Å². The normalized spacial score (nSPS) is 38.6. The molecule has 1 fully saturated rings. The molecule has 0 aromatic heterocycles. The van der Waals surface area contributed by atoms with E-state index in [9.17, 15) is 13.2 Å². The summed E-state index contributed by atoms with van der Waals surface area (Å²) in [6, 6.07) is 0. The molecule has 2 rings (SSSR count). The van der Waals surface area contributed by atoms with Crippen LogP contribution in [0.5, 0.6) is 0 Å². The molecule has 4 heteroatoms. The molecule has 17 heavy (non-hydrogen) atoms. The lowest BCUT2D eigenvalue weighted by molar-refractivity contribution is -0.166. The zero-order valence-corrected chi connectivity index (χ0v) is 10.0. The van der Waals surface area contributed by atoms with Crippen LogP contribution in [0.4, 0.5) is 13.2 Å². The Morgan fingerprint density at radius 2 is 1.71 bits per heavy atom. The van der Waals surface area contributed by atoms with Gasteiger partial charge in [0.2, 0.25) is 0 Å². The lowest BCUT2D eigenvalue weighted by atomic mass is 9.89. The lowest BCUT2D eigenvalue weighted by Crippen LogP contribution is -2.27. The Bertz CT molecular complexity index is 277. The first kappa shape index (κ1) is 12.9. The van der Waals surface area contributed by atoms with Crippen molar-refractivity contribution in [3.05, 3.63) is 12.2 Å². The first-order valence-electron chi connectivity index (χ1n) is 6.35. The van der Waals surface area contributed by atoms with Crippen molar-refractivity contribution in [2.75, 3.05) is 0 Å². The van der Waals surface area contributed by atoms with Gasteiger partial charge < -0.3 is 4.74 Å². The third-order valence-corrected chi connectivity index (χ3v) is 3.79. The van der Waals surface area contributed by atoms with Crippen LogP contribution < -0.4 is 0 Å². The number of hydrogen-bond acceptors (Lipinski definition) is 1. The fourth-order valence-electron chi connectivity index (χ4n) is 2.62. The van der Waals surface area contributed by atoms with Gasteiger partial charge >= 0.3 is 6.18 Å². The molecule has 1 nitrogen and oxygen atoms in total. The summed E-state index contributed by atoms with van der Waals surface area (Å²) in [6.45, 7) is 2.21. The van der Waals surface area contributed by atoms with Gasteiger partial charge in [0.25, 0.3) is 0 Å². The first-order valence-corrected chi connectivity index (χ1v) is 6.35. The number of rotatable bonds is 2. The van der Waals surface area contributed by atoms with Crippen LogP contribution in [0, 0.1) is 11.8 Å². The molecule has 2 aliphatic rings. The number of ether oxygens (including phenoxy) is 1. The summed E-state index contributed by atoms with van der Waals surface area (Å²) in [7, 11) is 0. The largest absolute Gasteiger partial charge is 0.395 e. The van der Waals surface area contributed by atoms with Crippen molar-refractivity contribution < 1.29 is 17.9 Å². The second kappa shape index (κ2) is 5.01. The minimum Gasteiger partial charge on any atom is -0.371 e. The first-order chi connectivity index (χ1) is 7.95. The Morgan fingerprint density at radius 3 is 2.24 bits per heavy atom. The molecule has 1 saturated carbocycles. The summed E-state index contributed by atoms with van der Waals surface area (Å²) in [4.78, 5) is 0. The van der Waals surface area contributed by atoms with Gasteiger partial charge in [-0.3, -0.25) is 0 Å². The van der Waals surface area contributed by atoms with E-state index in [-0.39, 0.29) is 18.6 Å². The Morgan fingerprint density at radius 1 is 1.06 bits per heavy atom. The van der Waals surface area contributed by atoms with Gasteiger partial charge in [0, 0.05) is 0 Å². The maximum Gasteiger partial charge on any atom is 0.395 e. The van der Waals surface area contributed by atoms with Gasteiger partial charge in [0.1, 0.15) is 0 Å². The van der Waals surface area contributed by atoms with Gasteiger partial charge in [-0.1, -0.05) is 19.1 Å². The number of halogens is 3. The van der Waals surface area contributed by atoms with E-state index < -0.39 is 12.1 Å². The molecule has 0 aromatic rings. The molecular formula is C13H19F3O. The maximum absolute atomic E-state index is 12.5. The molecule has 0 bridgehead atoms. The monoisotopic (exact) mass is 248 g/mol. The predicted octanol–water partition coefficient (Wildman–Crippen LogP) is 4.09. The van der Waals surface area contributed by atoms with Gasteiger partial charge in [-0.2, -0.15) is 13.2 Å². The smallest absolute Gasteiger partial charge is 0.371 e. The summed E-state index contributed by atoms with van der Waals surface area (Å²) in [5, 5.41) is 0. The van der Waals surface area contributed by atoms with E-state index in [1.54, 1.807) is 6.08 Å². The Balaban J connectivity index is 1.77. The Hall–Kier alpha value is -0.510. The van der Waals surface area contributed by atoms with Crippen LogP contribution >= 0.6 is 0 Å². The summed E-state index contributed by atoms with van der Waals surface area (Å²) in [5.41, 5.74) is 0. The standard InChI is InChI=1S/C13H19F3O/c1-9-2-5-11(6-3-9)17-12-7-4-10(8-12)13(14,15)16/h4,7,9-12H,2-3,5-6,8H2,1H3. The van der Waals surface area contributed by atoms with E-state index >= 15 is 0 Å². The molecule has 0 spiro atoms. The molecule has 2 unspecified atom stereocenters. The molecule has 0 aliphatic heterocycles. The van der Waals surface area contributed by atoms with Crippen molar-refractivity contribution in [2.24, 2.45) is 11.8 Å². The van der Waals surface area contributed by atoms with E-state index in [4.69, 9.17) is 4.74 Å². The average Bonchev–Trinajstić information content (AvgIpc) is 2.69. The third-order valence-electron chi connectivity index (χ3n) is 3.79. The molecule has 2 aliphatic carbocycles. The molecule has 98 valence electrons. The van der Waals surface area contributed by atoms with Crippen molar-refractivity contribution in [1.29, 1.82) is 0 Å². The van der Waals surface area contributed by atoms with Crippen LogP contribution in [-0.2, 0) is 4.74 Å². The van der Waals surface area contributed by atoms with Crippen LogP contribution in [-0.4, -0.2) is 18.4 Å². The molecule has 0 amide bonds. The van der Waals surface area contributed by atoms with Gasteiger partial charge in [-0.15, -0.1) is 0 Å². The molecule has 0 N–H and O–H groups in total. The highest BCUT2D eigenvalue weighted by Gasteiger charge is 2.42. The molecule has 0 radical (unpaired) electrons. The highest BCUT2D eigenvalue weighted by atomic mass is 19.4. The minimum absolute atomic E-state index is 0.0650. The highest BCUT2D eigenvalue weighted by Crippen LogP contribution is 2.37. The Labute approximate surface area is 100 Å². The topological polar surface area (TPSA) is 9.23 Å². The van der Waals surface area contributed by atoms with Crippen molar-refractivity contribution in [3.8, 4) is 0 Å². The Kier molecular flexibility index (Phi) is 3.81. The summed E-state index contributed by atoms with van der Waals surface area (Å²) in [5.74, 6) is -0.577. The van der Waals surface area contributed by atoms with Crippen molar-refractivity contribution >= 4 is 0 Å². The predicted molar refractivity (Wildman–Crippen MR) is 59.6 cm³/mol. The average molecular weight is 248 g/mol. The van der Waals surface area contributed by atoms with Crippen molar-refractivity contribution in [3.63, 3.8) is 0 Å². The molecular weight excluding hydrogens is 229 g/mol. The van der Waals surface area contributed by atoms with Crippen LogP contribution in [0.3, 0.4) is 0 Å². The van der Waals surface area contributed by atoms with E-state index in [0.717, 1.165) is 31.6 Å². The second-order valence-electron chi connectivity index (χ2n) is 5.33. The van der Waals surface area contributed by atoms with E-state index in [0.29, 0.717) is 0 Å². The molecule has 2 atom stereocenters. The number of alkyl halides is 3. The lowest BCUT2D eigenvalue weighted by Gasteiger charge is -2.28. The van der Waals surface area contributed by atoms with Crippen molar-refractivity contribution in [1.82, 2.24) is 0 Å². The fourth-order valence-corrected chi connectivity index (χ4v) is 2.62. The third kappa shape index (κ3) is 3.47. The summed E-state index contributed by atoms with van der Waals surface area (Å²) >= 11 is 0. The van der Waals surface area contributed by atoms with Gasteiger partial charge in [-0.05, 0) is 38.0 Å². The SMILES string of the molecule is CC1CCC(OC2C=CC(C(F)(F)F)C2)CC1. The number of allylic oxidation sites excluding steroid dienone is 1. The molecule has 0 aromatic carbocycles. The van der Waals surface area contributed by atoms with E-state index in [2.05, 4.69) is 6.92 Å². The zero-order chi connectivity index (χ0) is 12.5.